The zero-order valence-electron chi connectivity index (χ0n) is 11.0. The first-order valence-electron chi connectivity index (χ1n) is 6.67. The second-order valence-corrected chi connectivity index (χ2v) is 5.09. The highest BCUT2D eigenvalue weighted by Gasteiger charge is 2.17. The van der Waals surface area contributed by atoms with E-state index in [1.165, 1.54) is 6.42 Å². The fourth-order valence-corrected chi connectivity index (χ4v) is 2.52. The zero-order valence-corrected chi connectivity index (χ0v) is 11.0. The number of hydrogen-bond donors (Lipinski definition) is 3. The van der Waals surface area contributed by atoms with Crippen molar-refractivity contribution in [2.45, 2.75) is 51.5 Å². The van der Waals surface area contributed by atoms with Crippen molar-refractivity contribution >= 4 is 5.91 Å². The Hall–Kier alpha value is -1.85. The molecule has 1 aromatic heterocycles. The van der Waals surface area contributed by atoms with E-state index in [0.717, 1.165) is 25.7 Å². The Balaban J connectivity index is 2.02. The van der Waals surface area contributed by atoms with E-state index in [-0.39, 0.29) is 18.4 Å². The minimum absolute atomic E-state index is 0.00838. The fraction of sp³-hybridized carbons (Fsp3) is 0.615. The van der Waals surface area contributed by atoms with Crippen LogP contribution in [0.5, 0.6) is 0 Å². The summed E-state index contributed by atoms with van der Waals surface area (Å²) in [7, 11) is 0. The number of rotatable bonds is 3. The first kappa shape index (κ1) is 13.6. The maximum Gasteiger partial charge on any atom is 0.325 e. The van der Waals surface area contributed by atoms with Gasteiger partial charge in [0.25, 0.3) is 5.56 Å². The lowest BCUT2D eigenvalue weighted by Crippen LogP contribution is -2.39. The van der Waals surface area contributed by atoms with Crippen LogP contribution in [-0.4, -0.2) is 21.9 Å². The summed E-state index contributed by atoms with van der Waals surface area (Å²) in [4.78, 5) is 39.2. The highest BCUT2D eigenvalue weighted by Crippen LogP contribution is 2.17. The number of aryl methyl sites for hydroxylation is 1. The van der Waals surface area contributed by atoms with Gasteiger partial charge in [-0.25, -0.2) is 4.79 Å². The van der Waals surface area contributed by atoms with Gasteiger partial charge in [0, 0.05) is 17.3 Å². The quantitative estimate of drug-likeness (QED) is 0.736. The lowest BCUT2D eigenvalue weighted by molar-refractivity contribution is -0.121. The van der Waals surface area contributed by atoms with Crippen LogP contribution in [0.4, 0.5) is 0 Å². The van der Waals surface area contributed by atoms with E-state index < -0.39 is 11.2 Å². The SMILES string of the molecule is Cc1[nH]c(=O)[nH]c(=O)c1CC(=O)NC1CCCCC1. The Bertz CT molecular complexity index is 567. The number of carbonyl (C=O) groups excluding carboxylic acids is 1. The van der Waals surface area contributed by atoms with Gasteiger partial charge in [0.05, 0.1) is 6.42 Å². The average molecular weight is 265 g/mol. The number of hydrogen-bond acceptors (Lipinski definition) is 3. The molecule has 104 valence electrons. The molecule has 1 aromatic rings. The highest BCUT2D eigenvalue weighted by molar-refractivity contribution is 5.78. The van der Waals surface area contributed by atoms with E-state index in [1.807, 2.05) is 0 Å². The van der Waals surface area contributed by atoms with Gasteiger partial charge >= 0.3 is 5.69 Å². The summed E-state index contributed by atoms with van der Waals surface area (Å²) in [5.41, 5.74) is -0.251. The first-order valence-corrected chi connectivity index (χ1v) is 6.67. The molecular formula is C13H19N3O3. The number of carbonyl (C=O) groups is 1. The summed E-state index contributed by atoms with van der Waals surface area (Å²) in [6.07, 6.45) is 5.53. The fourth-order valence-electron chi connectivity index (χ4n) is 2.52. The molecule has 0 radical (unpaired) electrons. The third-order valence-electron chi connectivity index (χ3n) is 3.56. The number of amides is 1. The van der Waals surface area contributed by atoms with Crippen molar-refractivity contribution in [1.82, 2.24) is 15.3 Å². The van der Waals surface area contributed by atoms with E-state index >= 15 is 0 Å². The topological polar surface area (TPSA) is 94.8 Å². The average Bonchev–Trinajstić information content (AvgIpc) is 2.35. The zero-order chi connectivity index (χ0) is 13.8. The molecule has 3 N–H and O–H groups in total. The van der Waals surface area contributed by atoms with Crippen molar-refractivity contribution in [2.75, 3.05) is 0 Å². The van der Waals surface area contributed by atoms with Crippen LogP contribution < -0.4 is 16.6 Å². The normalized spacial score (nSPS) is 16.3. The van der Waals surface area contributed by atoms with Gasteiger partial charge in [-0.3, -0.25) is 14.6 Å². The van der Waals surface area contributed by atoms with Crippen LogP contribution in [0.3, 0.4) is 0 Å². The van der Waals surface area contributed by atoms with Crippen LogP contribution in [-0.2, 0) is 11.2 Å². The molecule has 1 aliphatic carbocycles. The summed E-state index contributed by atoms with van der Waals surface area (Å²) in [5.74, 6) is -0.160. The Morgan fingerprint density at radius 1 is 1.21 bits per heavy atom. The molecule has 1 aliphatic rings. The predicted octanol–water partition coefficient (Wildman–Crippen LogP) is 0.363. The lowest BCUT2D eigenvalue weighted by Gasteiger charge is -2.22. The minimum Gasteiger partial charge on any atom is -0.353 e. The third-order valence-corrected chi connectivity index (χ3v) is 3.56. The van der Waals surface area contributed by atoms with Crippen LogP contribution >= 0.6 is 0 Å². The maximum absolute atomic E-state index is 11.9. The van der Waals surface area contributed by atoms with Gasteiger partial charge in [0.15, 0.2) is 0 Å². The van der Waals surface area contributed by atoms with Gasteiger partial charge in [-0.15, -0.1) is 0 Å². The molecule has 0 atom stereocenters. The second kappa shape index (κ2) is 5.86. The molecular weight excluding hydrogens is 246 g/mol. The van der Waals surface area contributed by atoms with E-state index in [4.69, 9.17) is 0 Å². The summed E-state index contributed by atoms with van der Waals surface area (Å²) >= 11 is 0. The summed E-state index contributed by atoms with van der Waals surface area (Å²) in [5, 5.41) is 2.95. The van der Waals surface area contributed by atoms with Crippen molar-refractivity contribution in [3.05, 3.63) is 32.1 Å². The Kier molecular flexibility index (Phi) is 4.19. The summed E-state index contributed by atoms with van der Waals surface area (Å²) in [6, 6.07) is 0.225. The van der Waals surface area contributed by atoms with E-state index in [2.05, 4.69) is 15.3 Å². The molecule has 0 bridgehead atoms. The molecule has 0 spiro atoms. The third kappa shape index (κ3) is 3.56. The lowest BCUT2D eigenvalue weighted by atomic mass is 9.95. The second-order valence-electron chi connectivity index (χ2n) is 5.09. The Morgan fingerprint density at radius 3 is 2.53 bits per heavy atom. The van der Waals surface area contributed by atoms with Gasteiger partial charge in [-0.1, -0.05) is 19.3 Å². The molecule has 0 aromatic carbocycles. The largest absolute Gasteiger partial charge is 0.353 e. The van der Waals surface area contributed by atoms with Crippen molar-refractivity contribution in [2.24, 2.45) is 0 Å². The molecule has 0 unspecified atom stereocenters. The summed E-state index contributed by atoms with van der Waals surface area (Å²) < 4.78 is 0. The molecule has 2 rings (SSSR count). The molecule has 1 saturated carbocycles. The minimum atomic E-state index is -0.543. The molecule has 0 aliphatic heterocycles. The highest BCUT2D eigenvalue weighted by atomic mass is 16.2. The van der Waals surface area contributed by atoms with Crippen molar-refractivity contribution in [3.63, 3.8) is 0 Å². The smallest absolute Gasteiger partial charge is 0.325 e. The number of aromatic amines is 2. The van der Waals surface area contributed by atoms with Gasteiger partial charge < -0.3 is 10.3 Å². The molecule has 1 fully saturated rings. The number of aromatic nitrogens is 2. The standard InChI is InChI=1S/C13H19N3O3/c1-8-10(12(18)16-13(19)14-8)7-11(17)15-9-5-3-2-4-6-9/h9H,2-7H2,1H3,(H,15,17)(H2,14,16,18,19). The van der Waals surface area contributed by atoms with E-state index in [9.17, 15) is 14.4 Å². The number of H-pyrrole nitrogens is 2. The van der Waals surface area contributed by atoms with Gasteiger partial charge in [0.2, 0.25) is 5.91 Å². The molecule has 1 amide bonds. The van der Waals surface area contributed by atoms with Crippen molar-refractivity contribution in [3.8, 4) is 0 Å². The van der Waals surface area contributed by atoms with Gasteiger partial charge in [-0.2, -0.15) is 0 Å². The van der Waals surface area contributed by atoms with Gasteiger partial charge in [0.1, 0.15) is 0 Å². The van der Waals surface area contributed by atoms with Crippen molar-refractivity contribution in [1.29, 1.82) is 0 Å². The van der Waals surface area contributed by atoms with Crippen LogP contribution in [0, 0.1) is 6.92 Å². The predicted molar refractivity (Wildman–Crippen MR) is 71.1 cm³/mol. The van der Waals surface area contributed by atoms with E-state index in [0.29, 0.717) is 11.3 Å². The molecule has 6 heteroatoms. The Labute approximate surface area is 110 Å². The first-order chi connectivity index (χ1) is 9.06. The molecule has 6 nitrogen and oxygen atoms in total. The Morgan fingerprint density at radius 2 is 1.89 bits per heavy atom. The summed E-state index contributed by atoms with van der Waals surface area (Å²) in [6.45, 7) is 1.62. The maximum atomic E-state index is 11.9. The molecule has 1 heterocycles. The number of nitrogens with one attached hydrogen (secondary N) is 3. The van der Waals surface area contributed by atoms with Crippen LogP contribution in [0.1, 0.15) is 43.4 Å². The van der Waals surface area contributed by atoms with Gasteiger partial charge in [-0.05, 0) is 19.8 Å². The van der Waals surface area contributed by atoms with Crippen LogP contribution in [0.15, 0.2) is 9.59 Å². The van der Waals surface area contributed by atoms with E-state index in [1.54, 1.807) is 6.92 Å². The molecule has 0 saturated heterocycles. The van der Waals surface area contributed by atoms with Crippen LogP contribution in [0.25, 0.3) is 0 Å². The molecule has 19 heavy (non-hydrogen) atoms. The van der Waals surface area contributed by atoms with Crippen molar-refractivity contribution < 1.29 is 4.79 Å². The monoisotopic (exact) mass is 265 g/mol. The van der Waals surface area contributed by atoms with Crippen LogP contribution in [0.2, 0.25) is 0 Å².